The fraction of sp³-hybridized carbons (Fsp3) is 0.364. The second-order valence-corrected chi connectivity index (χ2v) is 7.43. The largest absolute Gasteiger partial charge is 0.0956 e. The Kier molecular flexibility index (Phi) is 5.20. The van der Waals surface area contributed by atoms with Crippen molar-refractivity contribution in [3.8, 4) is 0 Å². The summed E-state index contributed by atoms with van der Waals surface area (Å²) in [5.41, 5.74) is 11.1. The van der Waals surface area contributed by atoms with Gasteiger partial charge in [0.05, 0.1) is 0 Å². The van der Waals surface area contributed by atoms with Crippen LogP contribution in [0, 0.1) is 20.8 Å². The van der Waals surface area contributed by atoms with Gasteiger partial charge in [-0.15, -0.1) is 0 Å². The van der Waals surface area contributed by atoms with Crippen molar-refractivity contribution in [3.63, 3.8) is 0 Å². The van der Waals surface area contributed by atoms with Crippen LogP contribution in [0.4, 0.5) is 0 Å². The van der Waals surface area contributed by atoms with E-state index in [1.165, 1.54) is 37.9 Å². The van der Waals surface area contributed by atoms with Gasteiger partial charge in [-0.25, -0.2) is 0 Å². The summed E-state index contributed by atoms with van der Waals surface area (Å²) in [5, 5.41) is 0. The number of hydrogen-bond acceptors (Lipinski definition) is 0. The zero-order valence-electron chi connectivity index (χ0n) is 14.9. The third kappa shape index (κ3) is 2.92. The first-order valence-corrected chi connectivity index (χ1v) is 9.05. The van der Waals surface area contributed by atoms with Crippen molar-refractivity contribution >= 4 is 21.5 Å². The minimum atomic E-state index is 0.305. The molecule has 0 saturated carbocycles. The smallest absolute Gasteiger partial charge is 0.0242 e. The molecule has 1 heteroatoms. The molecule has 122 valence electrons. The zero-order chi connectivity index (χ0) is 17.5. The van der Waals surface area contributed by atoms with E-state index in [1.807, 2.05) is 0 Å². The number of fused-ring (bicyclic) bond motifs is 1. The third-order valence-electron chi connectivity index (χ3n) is 5.38. The monoisotopic (exact) mass is 370 g/mol. The highest BCUT2D eigenvalue weighted by atomic mass is 79.9. The first-order valence-electron chi connectivity index (χ1n) is 8.25. The Labute approximate surface area is 149 Å². The molecule has 0 aliphatic heterocycles. The fourth-order valence-electron chi connectivity index (χ4n) is 3.58. The summed E-state index contributed by atoms with van der Waals surface area (Å²) in [7, 11) is 0. The quantitative estimate of drug-likeness (QED) is 0.385. The van der Waals surface area contributed by atoms with E-state index in [4.69, 9.17) is 0 Å². The SMILES string of the molecule is C=C1CCC(C(=C)C(=C)CC)c2c(C)c(C)c(Br)c(C)c2C1=C. The average molecular weight is 371 g/mol. The maximum Gasteiger partial charge on any atom is 0.0242 e. The molecule has 1 unspecified atom stereocenters. The summed E-state index contributed by atoms with van der Waals surface area (Å²) in [5.74, 6) is 0.305. The maximum atomic E-state index is 4.39. The molecular formula is C22H27Br. The lowest BCUT2D eigenvalue weighted by atomic mass is 9.78. The molecule has 0 nitrogen and oxygen atoms in total. The van der Waals surface area contributed by atoms with Crippen LogP contribution in [0.25, 0.3) is 5.57 Å². The van der Waals surface area contributed by atoms with Crippen molar-refractivity contribution in [3.05, 3.63) is 75.3 Å². The molecule has 0 radical (unpaired) electrons. The molecule has 2 rings (SSSR count). The molecule has 0 fully saturated rings. The molecule has 0 aromatic heterocycles. The fourth-order valence-corrected chi connectivity index (χ4v) is 4.08. The molecule has 0 saturated heterocycles. The summed E-state index contributed by atoms with van der Waals surface area (Å²) in [6, 6.07) is 0. The van der Waals surface area contributed by atoms with Gasteiger partial charge < -0.3 is 0 Å². The Morgan fingerprint density at radius 1 is 1.09 bits per heavy atom. The number of halogens is 1. The summed E-state index contributed by atoms with van der Waals surface area (Å²) < 4.78 is 1.18. The van der Waals surface area contributed by atoms with Gasteiger partial charge in [0.25, 0.3) is 0 Å². The van der Waals surface area contributed by atoms with Crippen molar-refractivity contribution in [1.29, 1.82) is 0 Å². The lowest BCUT2D eigenvalue weighted by molar-refractivity contribution is 0.711. The van der Waals surface area contributed by atoms with Crippen LogP contribution >= 0.6 is 15.9 Å². The van der Waals surface area contributed by atoms with Crippen LogP contribution in [-0.4, -0.2) is 0 Å². The van der Waals surface area contributed by atoms with Crippen LogP contribution in [0.5, 0.6) is 0 Å². The molecule has 0 bridgehead atoms. The highest BCUT2D eigenvalue weighted by Gasteiger charge is 2.29. The van der Waals surface area contributed by atoms with Crippen molar-refractivity contribution < 1.29 is 0 Å². The lowest BCUT2D eigenvalue weighted by Gasteiger charge is -2.27. The van der Waals surface area contributed by atoms with Gasteiger partial charge in [-0.3, -0.25) is 0 Å². The average Bonchev–Trinajstić information content (AvgIpc) is 2.67. The van der Waals surface area contributed by atoms with E-state index < -0.39 is 0 Å². The number of allylic oxidation sites excluding steroid dienone is 4. The van der Waals surface area contributed by atoms with Crippen LogP contribution in [0.2, 0.25) is 0 Å². The molecule has 0 heterocycles. The summed E-state index contributed by atoms with van der Waals surface area (Å²) >= 11 is 3.77. The minimum Gasteiger partial charge on any atom is -0.0956 e. The first kappa shape index (κ1) is 18.0. The van der Waals surface area contributed by atoms with Crippen molar-refractivity contribution in [2.75, 3.05) is 0 Å². The third-order valence-corrected chi connectivity index (χ3v) is 6.57. The molecule has 0 spiro atoms. The predicted octanol–water partition coefficient (Wildman–Crippen LogP) is 7.34. The zero-order valence-corrected chi connectivity index (χ0v) is 16.5. The standard InChI is InChI=1S/C22H27Br/c1-9-12(2)14(4)19-11-10-13(3)15(5)20-18(8)22(23)17(7)16(6)21(19)20/h19H,2-5,9-11H2,1,6-8H3. The summed E-state index contributed by atoms with van der Waals surface area (Å²) in [6.45, 7) is 26.0. The van der Waals surface area contributed by atoms with Gasteiger partial charge in [0.2, 0.25) is 0 Å². The maximum absolute atomic E-state index is 4.39. The van der Waals surface area contributed by atoms with Gasteiger partial charge in [0, 0.05) is 10.4 Å². The Morgan fingerprint density at radius 3 is 2.26 bits per heavy atom. The number of benzene rings is 1. The predicted molar refractivity (Wildman–Crippen MR) is 107 cm³/mol. The molecule has 0 amide bonds. The van der Waals surface area contributed by atoms with E-state index in [0.29, 0.717) is 5.92 Å². The molecule has 1 aliphatic carbocycles. The molecule has 1 aromatic rings. The Hall–Kier alpha value is -1.34. The van der Waals surface area contributed by atoms with Crippen LogP contribution in [0.3, 0.4) is 0 Å². The highest BCUT2D eigenvalue weighted by molar-refractivity contribution is 9.10. The van der Waals surface area contributed by atoms with Crippen LogP contribution in [0.1, 0.15) is 59.9 Å². The van der Waals surface area contributed by atoms with Gasteiger partial charge in [-0.05, 0) is 84.6 Å². The van der Waals surface area contributed by atoms with Gasteiger partial charge in [0.15, 0.2) is 0 Å². The first-order chi connectivity index (χ1) is 10.7. The van der Waals surface area contributed by atoms with E-state index in [2.05, 4.69) is 69.9 Å². The lowest BCUT2D eigenvalue weighted by Crippen LogP contribution is -2.10. The highest BCUT2D eigenvalue weighted by Crippen LogP contribution is 2.47. The summed E-state index contributed by atoms with van der Waals surface area (Å²) in [6.07, 6.45) is 2.94. The molecular weight excluding hydrogens is 344 g/mol. The van der Waals surface area contributed by atoms with Crippen molar-refractivity contribution in [1.82, 2.24) is 0 Å². The van der Waals surface area contributed by atoms with Crippen molar-refractivity contribution in [2.24, 2.45) is 0 Å². The molecule has 1 aromatic carbocycles. The second-order valence-electron chi connectivity index (χ2n) is 6.63. The van der Waals surface area contributed by atoms with Crippen LogP contribution in [0.15, 0.2) is 47.5 Å². The molecule has 1 atom stereocenters. The Bertz CT molecular complexity index is 731. The number of hydrogen-bond donors (Lipinski definition) is 0. The van der Waals surface area contributed by atoms with Crippen molar-refractivity contribution in [2.45, 2.75) is 52.9 Å². The topological polar surface area (TPSA) is 0 Å². The van der Waals surface area contributed by atoms with Gasteiger partial charge >= 0.3 is 0 Å². The van der Waals surface area contributed by atoms with Gasteiger partial charge in [0.1, 0.15) is 0 Å². The van der Waals surface area contributed by atoms with Gasteiger partial charge in [-0.2, -0.15) is 0 Å². The normalized spacial score (nSPS) is 17.7. The second kappa shape index (κ2) is 6.65. The van der Waals surface area contributed by atoms with E-state index in [9.17, 15) is 0 Å². The summed E-state index contributed by atoms with van der Waals surface area (Å²) in [4.78, 5) is 0. The number of rotatable bonds is 3. The Morgan fingerprint density at radius 2 is 1.70 bits per heavy atom. The van der Waals surface area contributed by atoms with Crippen LogP contribution < -0.4 is 0 Å². The van der Waals surface area contributed by atoms with E-state index in [0.717, 1.165) is 36.0 Å². The van der Waals surface area contributed by atoms with Gasteiger partial charge in [-0.1, -0.05) is 54.7 Å². The molecule has 23 heavy (non-hydrogen) atoms. The Balaban J connectivity index is 2.82. The van der Waals surface area contributed by atoms with E-state index >= 15 is 0 Å². The molecule has 1 aliphatic rings. The van der Waals surface area contributed by atoms with E-state index in [1.54, 1.807) is 0 Å². The van der Waals surface area contributed by atoms with Crippen LogP contribution in [-0.2, 0) is 0 Å². The van der Waals surface area contributed by atoms with E-state index in [-0.39, 0.29) is 0 Å². The molecule has 0 N–H and O–H groups in total. The minimum absolute atomic E-state index is 0.305.